The average molecular weight is 354 g/mol. The van der Waals surface area contributed by atoms with E-state index in [1.807, 2.05) is 50.1 Å². The summed E-state index contributed by atoms with van der Waals surface area (Å²) in [5.74, 6) is 3.07. The van der Waals surface area contributed by atoms with Crippen LogP contribution < -0.4 is 4.74 Å². The minimum atomic E-state index is 0.117. The van der Waals surface area contributed by atoms with Crippen molar-refractivity contribution < 1.29 is 14.1 Å². The zero-order valence-electron chi connectivity index (χ0n) is 15.7. The number of amides is 1. The molecule has 2 aliphatic carbocycles. The van der Waals surface area contributed by atoms with E-state index in [1.54, 1.807) is 0 Å². The first-order valence-electron chi connectivity index (χ1n) is 9.46. The molecule has 0 radical (unpaired) electrons. The van der Waals surface area contributed by atoms with Gasteiger partial charge in [0.15, 0.2) is 0 Å². The summed E-state index contributed by atoms with van der Waals surface area (Å²) < 4.78 is 11.0. The molecule has 5 heteroatoms. The van der Waals surface area contributed by atoms with Crippen molar-refractivity contribution in [1.29, 1.82) is 0 Å². The van der Waals surface area contributed by atoms with Crippen molar-refractivity contribution in [1.82, 2.24) is 10.1 Å². The second-order valence-corrected chi connectivity index (χ2v) is 7.70. The van der Waals surface area contributed by atoms with Gasteiger partial charge in [-0.25, -0.2) is 0 Å². The first-order chi connectivity index (χ1) is 12.5. The van der Waals surface area contributed by atoms with Gasteiger partial charge in [0.1, 0.15) is 18.1 Å². The summed E-state index contributed by atoms with van der Waals surface area (Å²) in [6.45, 7) is 4.20. The number of carbonyl (C=O) groups is 1. The highest BCUT2D eigenvalue weighted by Gasteiger charge is 2.45. The maximum atomic E-state index is 12.9. The van der Waals surface area contributed by atoms with Crippen molar-refractivity contribution in [3.05, 3.63) is 46.8 Å². The Kier molecular flexibility index (Phi) is 4.47. The molecule has 138 valence electrons. The molecule has 1 aromatic carbocycles. The number of carbonyl (C=O) groups excluding carboxylic acids is 1. The topological polar surface area (TPSA) is 55.6 Å². The van der Waals surface area contributed by atoms with Crippen molar-refractivity contribution in [2.75, 3.05) is 7.05 Å². The Bertz CT molecular complexity index is 757. The minimum absolute atomic E-state index is 0.117. The van der Waals surface area contributed by atoms with Crippen LogP contribution in [0.2, 0.25) is 0 Å². The number of aryl methyl sites for hydroxylation is 2. The van der Waals surface area contributed by atoms with Gasteiger partial charge in [0, 0.05) is 18.7 Å². The lowest BCUT2D eigenvalue weighted by molar-refractivity contribution is 0.0690. The van der Waals surface area contributed by atoms with Crippen LogP contribution in [0.5, 0.6) is 5.75 Å². The van der Waals surface area contributed by atoms with Gasteiger partial charge >= 0.3 is 0 Å². The zero-order valence-corrected chi connectivity index (χ0v) is 15.7. The van der Waals surface area contributed by atoms with E-state index in [2.05, 4.69) is 5.16 Å². The lowest BCUT2D eigenvalue weighted by Gasteiger charge is -2.28. The molecule has 0 bridgehead atoms. The maximum Gasteiger partial charge on any atom is 0.253 e. The Morgan fingerprint density at radius 2 is 1.81 bits per heavy atom. The molecule has 2 saturated carbocycles. The van der Waals surface area contributed by atoms with E-state index in [0.29, 0.717) is 24.5 Å². The fraction of sp³-hybridized carbons (Fsp3) is 0.524. The van der Waals surface area contributed by atoms with Crippen molar-refractivity contribution in [3.8, 4) is 5.75 Å². The van der Waals surface area contributed by atoms with E-state index in [1.165, 1.54) is 25.7 Å². The summed E-state index contributed by atoms with van der Waals surface area (Å²) in [4.78, 5) is 14.8. The van der Waals surface area contributed by atoms with Gasteiger partial charge in [0.05, 0.1) is 11.3 Å². The molecule has 4 rings (SSSR count). The lowest BCUT2D eigenvalue weighted by atomic mass is 10.0. The van der Waals surface area contributed by atoms with Crippen LogP contribution in [0.3, 0.4) is 0 Å². The van der Waals surface area contributed by atoms with E-state index in [0.717, 1.165) is 28.3 Å². The SMILES string of the molecule is Cc1noc(C)c1COc1ccc(C(=O)N(C)C(C2CC2)C2CC2)cc1. The monoisotopic (exact) mass is 354 g/mol. The third-order valence-electron chi connectivity index (χ3n) is 5.64. The molecule has 0 aliphatic heterocycles. The van der Waals surface area contributed by atoms with Crippen LogP contribution in [0.15, 0.2) is 28.8 Å². The first kappa shape index (κ1) is 17.1. The van der Waals surface area contributed by atoms with Crippen LogP contribution in [0.1, 0.15) is 53.1 Å². The first-order valence-corrected chi connectivity index (χ1v) is 9.46. The maximum absolute atomic E-state index is 12.9. The van der Waals surface area contributed by atoms with Crippen LogP contribution in [-0.2, 0) is 6.61 Å². The largest absolute Gasteiger partial charge is 0.489 e. The summed E-state index contributed by atoms with van der Waals surface area (Å²) in [5.41, 5.74) is 2.55. The highest BCUT2D eigenvalue weighted by atomic mass is 16.5. The molecular weight excluding hydrogens is 328 g/mol. The average Bonchev–Trinajstić information content (AvgIpc) is 3.56. The molecule has 0 spiro atoms. The zero-order chi connectivity index (χ0) is 18.3. The quantitative estimate of drug-likeness (QED) is 0.750. The minimum Gasteiger partial charge on any atom is -0.489 e. The van der Waals surface area contributed by atoms with E-state index >= 15 is 0 Å². The summed E-state index contributed by atoms with van der Waals surface area (Å²) in [7, 11) is 1.96. The van der Waals surface area contributed by atoms with Gasteiger partial charge in [0.2, 0.25) is 0 Å². The van der Waals surface area contributed by atoms with E-state index < -0.39 is 0 Å². The lowest BCUT2D eigenvalue weighted by Crippen LogP contribution is -2.40. The van der Waals surface area contributed by atoms with E-state index in [4.69, 9.17) is 9.26 Å². The smallest absolute Gasteiger partial charge is 0.253 e. The van der Waals surface area contributed by atoms with Gasteiger partial charge in [-0.2, -0.15) is 0 Å². The molecule has 1 aromatic heterocycles. The van der Waals surface area contributed by atoms with Crippen molar-refractivity contribution in [2.24, 2.45) is 11.8 Å². The summed E-state index contributed by atoms with van der Waals surface area (Å²) in [5, 5.41) is 3.93. The molecule has 26 heavy (non-hydrogen) atoms. The predicted molar refractivity (Wildman–Crippen MR) is 98.1 cm³/mol. The molecule has 2 aromatic rings. The van der Waals surface area contributed by atoms with Gasteiger partial charge in [-0.1, -0.05) is 5.16 Å². The third kappa shape index (κ3) is 3.48. The molecule has 0 atom stereocenters. The summed E-state index contributed by atoms with van der Waals surface area (Å²) in [6, 6.07) is 7.87. The van der Waals surface area contributed by atoms with Crippen molar-refractivity contribution in [3.63, 3.8) is 0 Å². The summed E-state index contributed by atoms with van der Waals surface area (Å²) >= 11 is 0. The van der Waals surface area contributed by atoms with Crippen LogP contribution in [0.4, 0.5) is 0 Å². The summed E-state index contributed by atoms with van der Waals surface area (Å²) in [6.07, 6.45) is 5.08. The Hall–Kier alpha value is -2.30. The van der Waals surface area contributed by atoms with Crippen LogP contribution in [0, 0.1) is 25.7 Å². The highest BCUT2D eigenvalue weighted by molar-refractivity contribution is 5.94. The Balaban J connectivity index is 1.39. The van der Waals surface area contributed by atoms with Crippen molar-refractivity contribution in [2.45, 2.75) is 52.2 Å². The number of nitrogens with zero attached hydrogens (tertiary/aromatic N) is 2. The molecule has 2 aliphatic rings. The molecule has 5 nitrogen and oxygen atoms in total. The standard InChI is InChI=1S/C21H26N2O3/c1-13-19(14(2)26-22-13)12-25-18-10-8-17(9-11-18)21(24)23(3)20(15-4-5-15)16-6-7-16/h8-11,15-16,20H,4-7,12H2,1-3H3. The molecule has 0 N–H and O–H groups in total. The molecule has 1 amide bonds. The van der Waals surface area contributed by atoms with E-state index in [-0.39, 0.29) is 5.91 Å². The second kappa shape index (κ2) is 6.78. The van der Waals surface area contributed by atoms with Gasteiger partial charge < -0.3 is 14.2 Å². The fourth-order valence-electron chi connectivity index (χ4n) is 3.79. The number of benzene rings is 1. The molecule has 0 saturated heterocycles. The number of rotatable bonds is 7. The number of ether oxygens (including phenoxy) is 1. The highest BCUT2D eigenvalue weighted by Crippen LogP contribution is 2.47. The molecule has 0 unspecified atom stereocenters. The van der Waals surface area contributed by atoms with Crippen LogP contribution >= 0.6 is 0 Å². The Morgan fingerprint density at radius 3 is 2.31 bits per heavy atom. The van der Waals surface area contributed by atoms with Crippen LogP contribution in [-0.4, -0.2) is 29.1 Å². The van der Waals surface area contributed by atoms with Crippen LogP contribution in [0.25, 0.3) is 0 Å². The second-order valence-electron chi connectivity index (χ2n) is 7.70. The predicted octanol–water partition coefficient (Wildman–Crippen LogP) is 4.13. The molecule has 1 heterocycles. The Labute approximate surface area is 154 Å². The normalized spacial score (nSPS) is 16.8. The Morgan fingerprint density at radius 1 is 1.19 bits per heavy atom. The number of aromatic nitrogens is 1. The third-order valence-corrected chi connectivity index (χ3v) is 5.64. The number of hydrogen-bond donors (Lipinski definition) is 0. The number of hydrogen-bond acceptors (Lipinski definition) is 4. The van der Waals surface area contributed by atoms with Gasteiger partial charge in [-0.15, -0.1) is 0 Å². The molecule has 2 fully saturated rings. The van der Waals surface area contributed by atoms with Crippen molar-refractivity contribution >= 4 is 5.91 Å². The molecular formula is C21H26N2O3. The van der Waals surface area contributed by atoms with E-state index in [9.17, 15) is 4.79 Å². The van der Waals surface area contributed by atoms with Gasteiger partial charge in [0.25, 0.3) is 5.91 Å². The fourth-order valence-corrected chi connectivity index (χ4v) is 3.79. The van der Waals surface area contributed by atoms with Gasteiger partial charge in [-0.05, 0) is 75.6 Å². The van der Waals surface area contributed by atoms with Gasteiger partial charge in [-0.3, -0.25) is 4.79 Å².